The Bertz CT molecular complexity index is 2050. The van der Waals surface area contributed by atoms with Gasteiger partial charge >= 0.3 is 6.18 Å². The SMILES string of the molecule is CCN1CCC(NCCC(c2nc3ccccc3c(=O)n2-c2ccc(F)cc2)N(Cc2cccnc2)C(=O)Cc2ccc(C(F)(F)F)c(F)c2)CC1. The number of nitrogens with one attached hydrogen (secondary N) is 1. The van der Waals surface area contributed by atoms with E-state index in [0.29, 0.717) is 34.8 Å². The fraction of sp³-hybridized carbons (Fsp3) is 0.333. The van der Waals surface area contributed by atoms with Gasteiger partial charge in [0.15, 0.2) is 0 Å². The van der Waals surface area contributed by atoms with Crippen molar-refractivity contribution in [3.05, 3.63) is 136 Å². The van der Waals surface area contributed by atoms with Gasteiger partial charge in [-0.25, -0.2) is 13.8 Å². The minimum Gasteiger partial charge on any atom is -0.328 e. The number of piperidine rings is 1. The van der Waals surface area contributed by atoms with Crippen molar-refractivity contribution in [2.45, 2.75) is 57.4 Å². The van der Waals surface area contributed by atoms with Crippen LogP contribution in [0.25, 0.3) is 16.6 Å². The molecule has 1 fully saturated rings. The highest BCUT2D eigenvalue weighted by Gasteiger charge is 2.35. The molecule has 1 amide bonds. The smallest absolute Gasteiger partial charge is 0.328 e. The molecule has 3 heterocycles. The molecule has 1 aliphatic rings. The molecule has 6 rings (SSSR count). The number of carbonyl (C=O) groups excluding carboxylic acids is 1. The summed E-state index contributed by atoms with van der Waals surface area (Å²) in [6, 6.07) is 17.5. The number of benzene rings is 3. The maximum Gasteiger partial charge on any atom is 0.419 e. The number of rotatable bonds is 12. The average Bonchev–Trinajstić information content (AvgIpc) is 3.13. The first-order chi connectivity index (χ1) is 25.0. The highest BCUT2D eigenvalue weighted by Crippen LogP contribution is 2.33. The molecule has 1 unspecified atom stereocenters. The molecule has 13 heteroatoms. The lowest BCUT2D eigenvalue weighted by Crippen LogP contribution is -2.44. The van der Waals surface area contributed by atoms with Gasteiger partial charge in [-0.3, -0.25) is 19.1 Å². The number of pyridine rings is 1. The number of nitrogens with zero attached hydrogens (tertiary/aromatic N) is 5. The molecule has 0 radical (unpaired) electrons. The molecule has 0 saturated carbocycles. The molecular formula is C39H39F5N6O2. The summed E-state index contributed by atoms with van der Waals surface area (Å²) in [4.78, 5) is 41.8. The molecule has 3 aromatic carbocycles. The number of likely N-dealkylation sites (tertiary alicyclic amines) is 1. The van der Waals surface area contributed by atoms with Crippen molar-refractivity contribution >= 4 is 16.8 Å². The van der Waals surface area contributed by atoms with Gasteiger partial charge in [0.2, 0.25) is 5.91 Å². The minimum atomic E-state index is -4.89. The van der Waals surface area contributed by atoms with Crippen LogP contribution in [0.3, 0.4) is 0 Å². The van der Waals surface area contributed by atoms with Crippen molar-refractivity contribution in [2.24, 2.45) is 0 Å². The molecule has 52 heavy (non-hydrogen) atoms. The van der Waals surface area contributed by atoms with Crippen molar-refractivity contribution in [2.75, 3.05) is 26.2 Å². The van der Waals surface area contributed by atoms with Crippen LogP contribution in [0, 0.1) is 11.6 Å². The quantitative estimate of drug-likeness (QED) is 0.142. The lowest BCUT2D eigenvalue weighted by Gasteiger charge is -2.35. The number of amides is 1. The molecule has 1 atom stereocenters. The Balaban J connectivity index is 1.45. The monoisotopic (exact) mass is 718 g/mol. The summed E-state index contributed by atoms with van der Waals surface area (Å²) < 4.78 is 70.3. The normalized spacial score (nSPS) is 14.8. The number of halogens is 5. The van der Waals surface area contributed by atoms with E-state index in [-0.39, 0.29) is 30.4 Å². The van der Waals surface area contributed by atoms with Gasteiger partial charge in [-0.2, -0.15) is 13.2 Å². The molecule has 1 saturated heterocycles. The van der Waals surface area contributed by atoms with Gasteiger partial charge in [-0.15, -0.1) is 0 Å². The Hall–Kier alpha value is -5.01. The lowest BCUT2D eigenvalue weighted by atomic mass is 10.0. The zero-order chi connectivity index (χ0) is 36.8. The van der Waals surface area contributed by atoms with E-state index in [1.807, 2.05) is 0 Å². The van der Waals surface area contributed by atoms with Gasteiger partial charge < -0.3 is 15.1 Å². The maximum atomic E-state index is 14.7. The van der Waals surface area contributed by atoms with E-state index >= 15 is 0 Å². The Labute approximate surface area is 297 Å². The van der Waals surface area contributed by atoms with Gasteiger partial charge in [-0.05, 0) is 111 Å². The molecule has 272 valence electrons. The predicted octanol–water partition coefficient (Wildman–Crippen LogP) is 6.85. The summed E-state index contributed by atoms with van der Waals surface area (Å²) in [5, 5.41) is 3.94. The van der Waals surface area contributed by atoms with Gasteiger partial charge in [0, 0.05) is 25.0 Å². The van der Waals surface area contributed by atoms with Crippen molar-refractivity contribution < 1.29 is 26.7 Å². The highest BCUT2D eigenvalue weighted by atomic mass is 19.4. The number of hydrogen-bond donors (Lipinski definition) is 1. The number of hydrogen-bond acceptors (Lipinski definition) is 6. The lowest BCUT2D eigenvalue weighted by molar-refractivity contribution is -0.140. The second-order valence-corrected chi connectivity index (χ2v) is 12.9. The van der Waals surface area contributed by atoms with Gasteiger partial charge in [-0.1, -0.05) is 31.2 Å². The molecule has 1 N–H and O–H groups in total. The summed E-state index contributed by atoms with van der Waals surface area (Å²) >= 11 is 0. The number of alkyl halides is 3. The van der Waals surface area contributed by atoms with Crippen LogP contribution in [0.5, 0.6) is 0 Å². The predicted molar refractivity (Wildman–Crippen MR) is 188 cm³/mol. The third kappa shape index (κ3) is 8.54. The van der Waals surface area contributed by atoms with Crippen molar-refractivity contribution in [1.82, 2.24) is 29.7 Å². The Morgan fingerprint density at radius 1 is 0.981 bits per heavy atom. The van der Waals surface area contributed by atoms with E-state index in [0.717, 1.165) is 44.6 Å². The molecule has 0 bridgehead atoms. The first-order valence-electron chi connectivity index (χ1n) is 17.3. The van der Waals surface area contributed by atoms with E-state index in [1.165, 1.54) is 33.7 Å². The molecule has 5 aromatic rings. The van der Waals surface area contributed by atoms with Crippen molar-refractivity contribution in [3.63, 3.8) is 0 Å². The minimum absolute atomic E-state index is 0.00145. The summed E-state index contributed by atoms with van der Waals surface area (Å²) in [6.07, 6.45) is 0.0147. The van der Waals surface area contributed by atoms with E-state index in [1.54, 1.807) is 48.8 Å². The summed E-state index contributed by atoms with van der Waals surface area (Å²) in [5.41, 5.74) is -0.416. The Kier molecular flexibility index (Phi) is 11.4. The average molecular weight is 719 g/mol. The summed E-state index contributed by atoms with van der Waals surface area (Å²) in [6.45, 7) is 5.42. The molecule has 1 aliphatic heterocycles. The van der Waals surface area contributed by atoms with E-state index < -0.39 is 47.3 Å². The fourth-order valence-corrected chi connectivity index (χ4v) is 6.75. The zero-order valence-corrected chi connectivity index (χ0v) is 28.6. The highest BCUT2D eigenvalue weighted by molar-refractivity contribution is 5.80. The summed E-state index contributed by atoms with van der Waals surface area (Å²) in [7, 11) is 0. The van der Waals surface area contributed by atoms with Crippen molar-refractivity contribution in [3.8, 4) is 5.69 Å². The number of carbonyl (C=O) groups is 1. The van der Waals surface area contributed by atoms with E-state index in [9.17, 15) is 31.5 Å². The summed E-state index contributed by atoms with van der Waals surface area (Å²) in [5.74, 6) is -2.29. The third-order valence-electron chi connectivity index (χ3n) is 9.54. The van der Waals surface area contributed by atoms with Crippen LogP contribution in [-0.4, -0.2) is 62.5 Å². The second kappa shape index (κ2) is 16.1. The molecule has 0 aliphatic carbocycles. The van der Waals surface area contributed by atoms with Crippen LogP contribution in [-0.2, 0) is 23.9 Å². The van der Waals surface area contributed by atoms with Crippen LogP contribution in [0.15, 0.2) is 96.1 Å². The van der Waals surface area contributed by atoms with Crippen LogP contribution >= 0.6 is 0 Å². The largest absolute Gasteiger partial charge is 0.419 e. The Morgan fingerprint density at radius 2 is 1.73 bits per heavy atom. The first kappa shape index (κ1) is 36.8. The van der Waals surface area contributed by atoms with Gasteiger partial charge in [0.05, 0.1) is 34.6 Å². The third-order valence-corrected chi connectivity index (χ3v) is 9.54. The second-order valence-electron chi connectivity index (χ2n) is 12.9. The molecule has 8 nitrogen and oxygen atoms in total. The van der Waals surface area contributed by atoms with Crippen molar-refractivity contribution in [1.29, 1.82) is 0 Å². The van der Waals surface area contributed by atoms with Crippen LogP contribution in [0.1, 0.15) is 54.7 Å². The molecule has 2 aromatic heterocycles. The van der Waals surface area contributed by atoms with Crippen LogP contribution in [0.2, 0.25) is 0 Å². The van der Waals surface area contributed by atoms with Crippen LogP contribution in [0.4, 0.5) is 22.0 Å². The standard InChI is InChI=1S/C39H39F5N6O2/c1-2-48-20-16-29(17-21-48)46-19-15-35(37-47-34-8-4-3-7-31(34)38(52)50(37)30-12-10-28(40)11-13-30)49(25-27-6-5-18-45-24-27)36(51)23-26-9-14-32(33(41)22-26)39(42,43)44/h3-14,18,22,24,29,35,46H,2,15-17,19-21,23,25H2,1H3. The number of aromatic nitrogens is 3. The molecular weight excluding hydrogens is 679 g/mol. The fourth-order valence-electron chi connectivity index (χ4n) is 6.75. The topological polar surface area (TPSA) is 83.4 Å². The zero-order valence-electron chi connectivity index (χ0n) is 28.6. The van der Waals surface area contributed by atoms with Gasteiger partial charge in [0.25, 0.3) is 5.56 Å². The number of fused-ring (bicyclic) bond motifs is 1. The molecule has 0 spiro atoms. The van der Waals surface area contributed by atoms with Crippen LogP contribution < -0.4 is 10.9 Å². The van der Waals surface area contributed by atoms with E-state index in [2.05, 4.69) is 22.1 Å². The maximum absolute atomic E-state index is 14.7. The first-order valence-corrected chi connectivity index (χ1v) is 17.3. The van der Waals surface area contributed by atoms with E-state index in [4.69, 9.17) is 4.98 Å². The number of para-hydroxylation sites is 1. The Morgan fingerprint density at radius 3 is 2.40 bits per heavy atom. The van der Waals surface area contributed by atoms with Gasteiger partial charge in [0.1, 0.15) is 17.5 Å².